The lowest BCUT2D eigenvalue weighted by Gasteiger charge is -2.09. The Kier molecular flexibility index (Phi) is 6.80. The van der Waals surface area contributed by atoms with E-state index >= 15 is 0 Å². The number of benzene rings is 2. The maximum Gasteiger partial charge on any atom is 0.278 e. The van der Waals surface area contributed by atoms with E-state index in [1.54, 1.807) is 35.8 Å². The lowest BCUT2D eigenvalue weighted by atomic mass is 10.2. The number of halogens is 2. The number of hydrogen-bond donors (Lipinski definition) is 2. The summed E-state index contributed by atoms with van der Waals surface area (Å²) in [6.45, 7) is -0.261. The van der Waals surface area contributed by atoms with E-state index in [1.165, 1.54) is 11.3 Å². The number of ether oxygens (including phenoxy) is 1. The van der Waals surface area contributed by atoms with E-state index in [0.29, 0.717) is 10.9 Å². The summed E-state index contributed by atoms with van der Waals surface area (Å²) >= 11 is 6.96. The molecule has 11 heteroatoms. The number of thiazole rings is 1. The third-order valence-corrected chi connectivity index (χ3v) is 5.99. The van der Waals surface area contributed by atoms with Crippen LogP contribution in [0.1, 0.15) is 5.56 Å². The van der Waals surface area contributed by atoms with E-state index in [-0.39, 0.29) is 16.5 Å². The molecule has 2 aromatic carbocycles. The summed E-state index contributed by atoms with van der Waals surface area (Å²) in [5.41, 5.74) is 0.804. The molecule has 1 aromatic heterocycles. The van der Waals surface area contributed by atoms with Gasteiger partial charge in [0, 0.05) is 18.1 Å². The molecule has 1 heterocycles. The quantitative estimate of drug-likeness (QED) is 0.543. The topological polar surface area (TPSA) is 97.4 Å². The van der Waals surface area contributed by atoms with Crippen molar-refractivity contribution >= 4 is 38.9 Å². The molecule has 0 aliphatic heterocycles. The van der Waals surface area contributed by atoms with Crippen LogP contribution in [0.25, 0.3) is 0 Å². The van der Waals surface area contributed by atoms with Gasteiger partial charge < -0.3 is 10.1 Å². The number of amides is 1. The second-order valence-corrected chi connectivity index (χ2v) is 8.75. The van der Waals surface area contributed by atoms with Crippen molar-refractivity contribution in [3.8, 4) is 10.9 Å². The minimum atomic E-state index is -3.99. The van der Waals surface area contributed by atoms with Crippen molar-refractivity contribution in [2.45, 2.75) is 11.4 Å². The molecular formula is C18H15ClFN3O4S2. The molecule has 0 spiro atoms. The molecule has 29 heavy (non-hydrogen) atoms. The Morgan fingerprint density at radius 1 is 1.21 bits per heavy atom. The van der Waals surface area contributed by atoms with Gasteiger partial charge in [0.25, 0.3) is 5.19 Å². The number of hydrogen-bond acceptors (Lipinski definition) is 6. The summed E-state index contributed by atoms with van der Waals surface area (Å²) in [4.78, 5) is 15.7. The molecule has 152 valence electrons. The Morgan fingerprint density at radius 3 is 2.62 bits per heavy atom. The van der Waals surface area contributed by atoms with Crippen molar-refractivity contribution in [3.63, 3.8) is 0 Å². The average Bonchev–Trinajstić information content (AvgIpc) is 3.21. The van der Waals surface area contributed by atoms with Crippen LogP contribution in [0.4, 0.5) is 4.39 Å². The van der Waals surface area contributed by atoms with Gasteiger partial charge in [0.2, 0.25) is 15.9 Å². The highest BCUT2D eigenvalue weighted by atomic mass is 35.5. The van der Waals surface area contributed by atoms with Gasteiger partial charge in [0.15, 0.2) is 0 Å². The standard InChI is InChI=1S/C18H15ClFN3O4S2/c19-15-9-14(5-6-16(15)20)29(25,26)23-11-17(24)22-10-12-1-3-13(4-2-12)27-18-21-7-8-28-18/h1-9,23H,10-11H2,(H,22,24). The van der Waals surface area contributed by atoms with Gasteiger partial charge in [-0.1, -0.05) is 35.1 Å². The monoisotopic (exact) mass is 455 g/mol. The number of sulfonamides is 1. The Hall–Kier alpha value is -2.53. The van der Waals surface area contributed by atoms with Gasteiger partial charge in [-0.2, -0.15) is 0 Å². The first-order valence-electron chi connectivity index (χ1n) is 8.21. The van der Waals surface area contributed by atoms with Gasteiger partial charge in [-0.25, -0.2) is 22.5 Å². The number of carbonyl (C=O) groups excluding carboxylic acids is 1. The number of aromatic nitrogens is 1. The van der Waals surface area contributed by atoms with Crippen LogP contribution < -0.4 is 14.8 Å². The molecule has 0 atom stereocenters. The highest BCUT2D eigenvalue weighted by Gasteiger charge is 2.17. The second-order valence-electron chi connectivity index (χ2n) is 5.72. The van der Waals surface area contributed by atoms with Crippen molar-refractivity contribution in [2.24, 2.45) is 0 Å². The normalized spacial score (nSPS) is 11.2. The summed E-state index contributed by atoms with van der Waals surface area (Å²) in [6, 6.07) is 10.0. The molecule has 0 aliphatic carbocycles. The SMILES string of the molecule is O=C(CNS(=O)(=O)c1ccc(F)c(Cl)c1)NCc1ccc(Oc2nccs2)cc1. The smallest absolute Gasteiger partial charge is 0.278 e. The molecule has 3 aromatic rings. The molecule has 0 bridgehead atoms. The highest BCUT2D eigenvalue weighted by molar-refractivity contribution is 7.89. The lowest BCUT2D eigenvalue weighted by molar-refractivity contribution is -0.120. The van der Waals surface area contributed by atoms with E-state index in [2.05, 4.69) is 15.0 Å². The molecule has 2 N–H and O–H groups in total. The van der Waals surface area contributed by atoms with Gasteiger partial charge in [0.05, 0.1) is 16.5 Å². The first-order chi connectivity index (χ1) is 13.8. The zero-order valence-corrected chi connectivity index (χ0v) is 17.2. The van der Waals surface area contributed by atoms with E-state index in [0.717, 1.165) is 23.8 Å². The van der Waals surface area contributed by atoms with Crippen LogP contribution >= 0.6 is 22.9 Å². The maximum absolute atomic E-state index is 13.2. The number of nitrogens with one attached hydrogen (secondary N) is 2. The Labute approximate surface area is 175 Å². The average molecular weight is 456 g/mol. The van der Waals surface area contributed by atoms with Crippen molar-refractivity contribution in [3.05, 3.63) is 70.4 Å². The number of carbonyl (C=O) groups is 1. The minimum Gasteiger partial charge on any atom is -0.431 e. The molecule has 1 amide bonds. The molecule has 0 fully saturated rings. The fourth-order valence-corrected chi connectivity index (χ4v) is 3.95. The number of rotatable bonds is 8. The van der Waals surface area contributed by atoms with Crippen molar-refractivity contribution in [1.82, 2.24) is 15.0 Å². The summed E-state index contributed by atoms with van der Waals surface area (Å²) in [7, 11) is -3.99. The Bertz CT molecular complexity index is 1090. The Balaban J connectivity index is 1.48. The van der Waals surface area contributed by atoms with Crippen LogP contribution in [0.15, 0.2) is 58.9 Å². The van der Waals surface area contributed by atoms with Gasteiger partial charge in [-0.05, 0) is 35.9 Å². The van der Waals surface area contributed by atoms with Gasteiger partial charge in [-0.15, -0.1) is 0 Å². The third kappa shape index (κ3) is 5.97. The van der Waals surface area contributed by atoms with Crippen molar-refractivity contribution in [2.75, 3.05) is 6.54 Å². The lowest BCUT2D eigenvalue weighted by Crippen LogP contribution is -2.36. The van der Waals surface area contributed by atoms with Crippen molar-refractivity contribution in [1.29, 1.82) is 0 Å². The van der Waals surface area contributed by atoms with Crippen LogP contribution in [-0.4, -0.2) is 25.9 Å². The molecule has 0 aliphatic rings. The van der Waals surface area contributed by atoms with Crippen molar-refractivity contribution < 1.29 is 22.3 Å². The van der Waals surface area contributed by atoms with Crippen LogP contribution in [0.5, 0.6) is 10.9 Å². The minimum absolute atomic E-state index is 0.209. The van der Waals surface area contributed by atoms with Crippen LogP contribution in [0.2, 0.25) is 5.02 Å². The molecule has 0 saturated heterocycles. The van der Waals surface area contributed by atoms with E-state index in [1.807, 2.05) is 0 Å². The molecule has 0 radical (unpaired) electrons. The first-order valence-corrected chi connectivity index (χ1v) is 11.0. The zero-order chi connectivity index (χ0) is 20.9. The summed E-state index contributed by atoms with van der Waals surface area (Å²) in [5, 5.41) is 4.62. The van der Waals surface area contributed by atoms with Crippen LogP contribution in [0, 0.1) is 5.82 Å². The third-order valence-electron chi connectivity index (χ3n) is 3.65. The van der Waals surface area contributed by atoms with Crippen LogP contribution in [0.3, 0.4) is 0 Å². The molecule has 0 saturated carbocycles. The van der Waals surface area contributed by atoms with Gasteiger partial charge in [0.1, 0.15) is 11.6 Å². The van der Waals surface area contributed by atoms with Crippen LogP contribution in [-0.2, 0) is 21.4 Å². The zero-order valence-electron chi connectivity index (χ0n) is 14.8. The van der Waals surface area contributed by atoms with Gasteiger partial charge in [-0.3, -0.25) is 4.79 Å². The second kappa shape index (κ2) is 9.31. The highest BCUT2D eigenvalue weighted by Crippen LogP contribution is 2.23. The summed E-state index contributed by atoms with van der Waals surface area (Å²) in [6.07, 6.45) is 1.64. The number of nitrogens with zero attached hydrogens (tertiary/aromatic N) is 1. The Morgan fingerprint density at radius 2 is 1.97 bits per heavy atom. The van der Waals surface area contributed by atoms with E-state index in [4.69, 9.17) is 16.3 Å². The maximum atomic E-state index is 13.2. The van der Waals surface area contributed by atoms with E-state index < -0.39 is 28.3 Å². The molecule has 0 unspecified atom stereocenters. The molecule has 7 nitrogen and oxygen atoms in total. The fraction of sp³-hybridized carbons (Fsp3) is 0.111. The summed E-state index contributed by atoms with van der Waals surface area (Å²) in [5.74, 6) is -0.642. The predicted octanol–water partition coefficient (Wildman–Crippen LogP) is 3.32. The fourth-order valence-electron chi connectivity index (χ4n) is 2.19. The summed E-state index contributed by atoms with van der Waals surface area (Å²) < 4.78 is 45.2. The van der Waals surface area contributed by atoms with Gasteiger partial charge >= 0.3 is 0 Å². The largest absolute Gasteiger partial charge is 0.431 e. The first kappa shape index (κ1) is 21.2. The predicted molar refractivity (Wildman–Crippen MR) is 107 cm³/mol. The molecular weight excluding hydrogens is 441 g/mol. The van der Waals surface area contributed by atoms with E-state index in [9.17, 15) is 17.6 Å². The molecule has 3 rings (SSSR count).